The Morgan fingerprint density at radius 3 is 1.63 bits per heavy atom. The fraction of sp³-hybridized carbons (Fsp3) is 0.878. The standard InChI is InChI=1S/C41H71NO15/c1-26-38(57-41-36(51)34(49)33(48)29(25-43)56-41)35(50)37(52)40(55-26)54-23-21-19-17-15-13-11-9-7-5-3-4-6-8-10-12-14-16-18-20-22-28(44)31-32(47)27(24-30(45)46)42(2)39(31)53/h26-27,29,33-38,40-41,43,47-52H,3-25H2,1-2H3,(H,45,46)/t26-,27-,29-,33-,34+,35-,36-,37-,38-,40-,41+/m1/s1. The van der Waals surface area contributed by atoms with E-state index in [4.69, 9.17) is 24.1 Å². The van der Waals surface area contributed by atoms with Crippen molar-refractivity contribution in [3.8, 4) is 0 Å². The molecule has 57 heavy (non-hydrogen) atoms. The molecule has 0 spiro atoms. The molecule has 3 rings (SSSR count). The molecule has 3 aliphatic rings. The first-order valence-corrected chi connectivity index (χ1v) is 21.3. The molecule has 16 nitrogen and oxygen atoms in total. The summed E-state index contributed by atoms with van der Waals surface area (Å²) in [5, 5.41) is 80.2. The number of ether oxygens (including phenoxy) is 4. The lowest BCUT2D eigenvalue weighted by Crippen LogP contribution is -2.63. The summed E-state index contributed by atoms with van der Waals surface area (Å²) in [7, 11) is 1.40. The number of aliphatic hydroxyl groups excluding tert-OH is 7. The van der Waals surface area contributed by atoms with E-state index in [0.29, 0.717) is 13.0 Å². The summed E-state index contributed by atoms with van der Waals surface area (Å²) >= 11 is 0. The minimum atomic E-state index is -1.64. The lowest BCUT2D eigenvalue weighted by molar-refractivity contribution is -0.355. The molecule has 2 fully saturated rings. The zero-order valence-electron chi connectivity index (χ0n) is 34.0. The Morgan fingerprint density at radius 2 is 1.14 bits per heavy atom. The molecule has 0 bridgehead atoms. The largest absolute Gasteiger partial charge is 0.509 e. The first-order valence-electron chi connectivity index (χ1n) is 21.3. The number of nitrogens with zero attached hydrogens (tertiary/aromatic N) is 1. The first-order chi connectivity index (χ1) is 27.3. The maximum atomic E-state index is 12.5. The van der Waals surface area contributed by atoms with Crippen molar-refractivity contribution in [2.45, 2.75) is 209 Å². The third-order valence-corrected chi connectivity index (χ3v) is 11.5. The highest BCUT2D eigenvalue weighted by Crippen LogP contribution is 2.30. The third kappa shape index (κ3) is 15.4. The van der Waals surface area contributed by atoms with Crippen LogP contribution in [0.1, 0.15) is 142 Å². The van der Waals surface area contributed by atoms with Crippen LogP contribution >= 0.6 is 0 Å². The molecule has 1 amide bonds. The van der Waals surface area contributed by atoms with Crippen LogP contribution in [0.25, 0.3) is 0 Å². The average Bonchev–Trinajstić information content (AvgIpc) is 3.39. The third-order valence-electron chi connectivity index (χ3n) is 11.5. The number of rotatable bonds is 29. The van der Waals surface area contributed by atoms with E-state index in [0.717, 1.165) is 49.8 Å². The van der Waals surface area contributed by atoms with Crippen molar-refractivity contribution in [1.82, 2.24) is 4.90 Å². The number of carboxylic acid groups (broad SMARTS) is 1. The molecule has 0 aromatic heterocycles. The highest BCUT2D eigenvalue weighted by atomic mass is 16.7. The molecule has 0 aliphatic carbocycles. The predicted molar refractivity (Wildman–Crippen MR) is 207 cm³/mol. The summed E-state index contributed by atoms with van der Waals surface area (Å²) < 4.78 is 22.5. The highest BCUT2D eigenvalue weighted by molar-refractivity contribution is 6.21. The van der Waals surface area contributed by atoms with E-state index in [1.165, 1.54) is 77.7 Å². The molecule has 2 saturated heterocycles. The molecule has 3 aliphatic heterocycles. The second-order valence-electron chi connectivity index (χ2n) is 16.0. The Labute approximate surface area is 337 Å². The fourth-order valence-corrected chi connectivity index (χ4v) is 7.82. The van der Waals surface area contributed by atoms with E-state index in [1.54, 1.807) is 6.92 Å². The average molecular weight is 818 g/mol. The topological polar surface area (TPSA) is 253 Å². The number of hydrogen-bond acceptors (Lipinski definition) is 14. The van der Waals surface area contributed by atoms with E-state index in [2.05, 4.69) is 0 Å². The Morgan fingerprint density at radius 1 is 0.667 bits per heavy atom. The molecule has 16 heteroatoms. The zero-order chi connectivity index (χ0) is 41.9. The summed E-state index contributed by atoms with van der Waals surface area (Å²) in [6.07, 6.45) is 7.87. The van der Waals surface area contributed by atoms with E-state index >= 15 is 0 Å². The van der Waals surface area contributed by atoms with E-state index in [9.17, 15) is 50.1 Å². The normalized spacial score (nSPS) is 30.7. The number of Topliss-reactive ketones (excluding diaryl/α,β-unsaturated/α-hetero) is 1. The number of carboxylic acids is 1. The summed E-state index contributed by atoms with van der Waals surface area (Å²) in [4.78, 5) is 37.0. The molecule has 8 N–H and O–H groups in total. The van der Waals surface area contributed by atoms with Crippen LogP contribution in [0.15, 0.2) is 11.3 Å². The molecule has 0 saturated carbocycles. The van der Waals surface area contributed by atoms with Gasteiger partial charge in [0, 0.05) is 20.1 Å². The van der Waals surface area contributed by atoms with Gasteiger partial charge in [-0.25, -0.2) is 0 Å². The maximum Gasteiger partial charge on any atom is 0.305 e. The number of amides is 1. The first kappa shape index (κ1) is 49.1. The van der Waals surface area contributed by atoms with Crippen LogP contribution in [0.3, 0.4) is 0 Å². The van der Waals surface area contributed by atoms with Crippen molar-refractivity contribution >= 4 is 17.7 Å². The monoisotopic (exact) mass is 817 g/mol. The quantitative estimate of drug-likeness (QED) is 0.0399. The minimum Gasteiger partial charge on any atom is -0.509 e. The van der Waals surface area contributed by atoms with Crippen LogP contribution in [0, 0.1) is 0 Å². The van der Waals surface area contributed by atoms with Gasteiger partial charge in [-0.1, -0.05) is 109 Å². The Bertz CT molecular complexity index is 1230. The number of carbonyl (C=O) groups excluding carboxylic acids is 2. The summed E-state index contributed by atoms with van der Waals surface area (Å²) in [5.74, 6) is -2.57. The Balaban J connectivity index is 1.08. The van der Waals surface area contributed by atoms with Gasteiger partial charge in [0.25, 0.3) is 5.91 Å². The van der Waals surface area contributed by atoms with Crippen molar-refractivity contribution in [3.05, 3.63) is 11.3 Å². The lowest BCUT2D eigenvalue weighted by atomic mass is 9.97. The molecule has 0 unspecified atom stereocenters. The Hall–Kier alpha value is -2.25. The molecular weight excluding hydrogens is 746 g/mol. The van der Waals surface area contributed by atoms with Gasteiger partial charge in [0.1, 0.15) is 60.1 Å². The second-order valence-corrected chi connectivity index (χ2v) is 16.0. The number of unbranched alkanes of at least 4 members (excludes halogenated alkanes) is 18. The Kier molecular flexibility index (Phi) is 22.5. The van der Waals surface area contributed by atoms with Gasteiger partial charge in [-0.3, -0.25) is 14.4 Å². The van der Waals surface area contributed by atoms with Gasteiger partial charge in [0.2, 0.25) is 0 Å². The van der Waals surface area contributed by atoms with Crippen LogP contribution in [-0.4, -0.2) is 151 Å². The van der Waals surface area contributed by atoms with Gasteiger partial charge in [-0.2, -0.15) is 0 Å². The van der Waals surface area contributed by atoms with Gasteiger partial charge in [-0.15, -0.1) is 0 Å². The molecule has 330 valence electrons. The number of ketones is 1. The molecule has 0 radical (unpaired) electrons. The van der Waals surface area contributed by atoms with Crippen LogP contribution in [0.4, 0.5) is 0 Å². The van der Waals surface area contributed by atoms with Crippen LogP contribution < -0.4 is 0 Å². The van der Waals surface area contributed by atoms with Crippen molar-refractivity contribution in [3.63, 3.8) is 0 Å². The second kappa shape index (κ2) is 26.1. The molecule has 0 aromatic rings. The molecule has 11 atom stereocenters. The number of aliphatic carboxylic acids is 1. The van der Waals surface area contributed by atoms with Gasteiger partial charge in [0.15, 0.2) is 18.4 Å². The van der Waals surface area contributed by atoms with E-state index in [-0.39, 0.29) is 12.0 Å². The van der Waals surface area contributed by atoms with Crippen molar-refractivity contribution in [2.24, 2.45) is 0 Å². The number of hydrogen-bond donors (Lipinski definition) is 8. The van der Waals surface area contributed by atoms with E-state index < -0.39 is 104 Å². The molecule has 3 heterocycles. The number of likely N-dealkylation sites (N-methyl/N-ethyl adjacent to an activating group) is 1. The minimum absolute atomic E-state index is 0.178. The van der Waals surface area contributed by atoms with Gasteiger partial charge in [0.05, 0.1) is 19.1 Å². The van der Waals surface area contributed by atoms with Crippen molar-refractivity contribution in [2.75, 3.05) is 20.3 Å². The van der Waals surface area contributed by atoms with Gasteiger partial charge < -0.3 is 64.7 Å². The smallest absolute Gasteiger partial charge is 0.305 e. The van der Waals surface area contributed by atoms with Gasteiger partial charge in [-0.05, 0) is 19.8 Å². The number of aliphatic hydroxyl groups is 7. The van der Waals surface area contributed by atoms with E-state index in [1.807, 2.05) is 0 Å². The lowest BCUT2D eigenvalue weighted by Gasteiger charge is -2.45. The van der Waals surface area contributed by atoms with Crippen molar-refractivity contribution < 1.29 is 74.2 Å². The van der Waals surface area contributed by atoms with Crippen molar-refractivity contribution in [1.29, 1.82) is 0 Å². The summed E-state index contributed by atoms with van der Waals surface area (Å²) in [5.41, 5.74) is -0.254. The summed E-state index contributed by atoms with van der Waals surface area (Å²) in [6, 6.07) is -0.977. The van der Waals surface area contributed by atoms with Crippen LogP contribution in [0.2, 0.25) is 0 Å². The number of carbonyl (C=O) groups is 3. The van der Waals surface area contributed by atoms with Crippen LogP contribution in [0.5, 0.6) is 0 Å². The summed E-state index contributed by atoms with van der Waals surface area (Å²) in [6.45, 7) is 1.36. The molecular formula is C41H71NO15. The maximum absolute atomic E-state index is 12.5. The van der Waals surface area contributed by atoms with Gasteiger partial charge >= 0.3 is 5.97 Å². The molecule has 0 aromatic carbocycles. The zero-order valence-corrected chi connectivity index (χ0v) is 34.0. The predicted octanol–water partition coefficient (Wildman–Crippen LogP) is 3.15. The highest BCUT2D eigenvalue weighted by Gasteiger charge is 2.50. The SMILES string of the molecule is C[C@H]1O[C@@H](OCCCCCCCCCCCCCCCCCCCCCC(=O)C2=C(O)[C@@H](CC(=O)O)N(C)C2=O)[C@H](O)[C@@H](O)[C@@H]1O[C@@H]1O[C@H](CO)[C@@H](O)[C@H](O)[C@H]1O. The fourth-order valence-electron chi connectivity index (χ4n) is 7.82. The van der Waals surface area contributed by atoms with Crippen LogP contribution in [-0.2, 0) is 33.3 Å².